The van der Waals surface area contributed by atoms with Crippen LogP contribution in [0.1, 0.15) is 42.5 Å². The van der Waals surface area contributed by atoms with E-state index in [0.717, 1.165) is 6.08 Å². The molecule has 2 rings (SSSR count). The molecule has 1 atom stereocenters. The molecule has 1 aromatic heterocycles. The van der Waals surface area contributed by atoms with E-state index in [2.05, 4.69) is 17.3 Å². The number of allylic oxidation sites excluding steroid dienone is 4. The number of hydrogen-bond acceptors (Lipinski definition) is 7. The fraction of sp³-hybridized carbons (Fsp3) is 0.429. The van der Waals surface area contributed by atoms with Gasteiger partial charge in [0, 0.05) is 25.9 Å². The summed E-state index contributed by atoms with van der Waals surface area (Å²) in [5.41, 5.74) is 1.74. The van der Waals surface area contributed by atoms with Crippen LogP contribution in [0.4, 0.5) is 4.39 Å². The van der Waals surface area contributed by atoms with Gasteiger partial charge in [-0.25, -0.2) is 4.39 Å². The number of ether oxygens (including phenoxy) is 1. The number of aliphatic hydroxyl groups excluding tert-OH is 1. The van der Waals surface area contributed by atoms with Crippen LogP contribution in [0.15, 0.2) is 47.7 Å². The number of pyridine rings is 1. The van der Waals surface area contributed by atoms with Gasteiger partial charge >= 0.3 is 0 Å². The van der Waals surface area contributed by atoms with Gasteiger partial charge in [0.2, 0.25) is 5.43 Å². The number of amides is 1. The van der Waals surface area contributed by atoms with Gasteiger partial charge in [0.1, 0.15) is 18.7 Å². The van der Waals surface area contributed by atoms with Gasteiger partial charge in [-0.1, -0.05) is 18.7 Å². The Morgan fingerprint density at radius 2 is 2.19 bits per heavy atom. The Labute approximate surface area is 180 Å². The Morgan fingerprint density at radius 1 is 1.45 bits per heavy atom. The summed E-state index contributed by atoms with van der Waals surface area (Å²) < 4.78 is 19.6. The van der Waals surface area contributed by atoms with Crippen LogP contribution in [-0.2, 0) is 4.74 Å². The van der Waals surface area contributed by atoms with E-state index in [1.165, 1.54) is 34.0 Å². The first-order valence-corrected chi connectivity index (χ1v) is 9.95. The highest BCUT2D eigenvalue weighted by Gasteiger charge is 2.30. The number of fused-ring (bicyclic) bond motifs is 1. The monoisotopic (exact) mass is 436 g/mol. The molecule has 2 heterocycles. The molecule has 4 N–H and O–H groups in total. The molecule has 1 unspecified atom stereocenters. The molecule has 0 radical (unpaired) electrons. The van der Waals surface area contributed by atoms with Crippen molar-refractivity contribution < 1.29 is 24.1 Å². The molecule has 1 amide bonds. The van der Waals surface area contributed by atoms with Crippen LogP contribution in [0.2, 0.25) is 0 Å². The minimum Gasteiger partial charge on any atom is -0.502 e. The summed E-state index contributed by atoms with van der Waals surface area (Å²) >= 11 is 0. The number of aromatic nitrogens is 1. The lowest BCUT2D eigenvalue weighted by atomic mass is 10.1. The van der Waals surface area contributed by atoms with Crippen LogP contribution in [-0.4, -0.2) is 58.2 Å². The van der Waals surface area contributed by atoms with Gasteiger partial charge in [0.15, 0.2) is 11.4 Å². The lowest BCUT2D eigenvalue weighted by Crippen LogP contribution is -2.47. The topological polar surface area (TPSA) is 116 Å². The van der Waals surface area contributed by atoms with Crippen molar-refractivity contribution in [2.45, 2.75) is 32.6 Å². The molecule has 0 bridgehead atoms. The third-order valence-corrected chi connectivity index (χ3v) is 4.47. The summed E-state index contributed by atoms with van der Waals surface area (Å²) in [6, 6.07) is 0. The molecule has 31 heavy (non-hydrogen) atoms. The fourth-order valence-electron chi connectivity index (χ4n) is 2.87. The first-order valence-electron chi connectivity index (χ1n) is 9.95. The normalized spacial score (nSPS) is 15.3. The summed E-state index contributed by atoms with van der Waals surface area (Å²) in [5, 5.41) is 23.3. The second-order valence-corrected chi connectivity index (χ2v) is 7.13. The second-order valence-electron chi connectivity index (χ2n) is 7.13. The highest BCUT2D eigenvalue weighted by molar-refractivity contribution is 5.96. The maximum absolute atomic E-state index is 12.9. The maximum atomic E-state index is 12.9. The van der Waals surface area contributed by atoms with Gasteiger partial charge in [-0.05, 0) is 32.4 Å². The van der Waals surface area contributed by atoms with Crippen molar-refractivity contribution >= 4 is 5.91 Å². The summed E-state index contributed by atoms with van der Waals surface area (Å²) in [6.45, 7) is 8.31. The molecule has 170 valence electrons. The van der Waals surface area contributed by atoms with Crippen molar-refractivity contribution in [3.05, 3.63) is 64.4 Å². The average Bonchev–Trinajstić information content (AvgIpc) is 2.73. The van der Waals surface area contributed by atoms with Gasteiger partial charge in [0.25, 0.3) is 5.91 Å². The molecule has 0 saturated carbocycles. The molecule has 9 nitrogen and oxygen atoms in total. The first kappa shape index (κ1) is 24.3. The third-order valence-electron chi connectivity index (χ3n) is 4.47. The van der Waals surface area contributed by atoms with Crippen molar-refractivity contribution in [3.63, 3.8) is 0 Å². The zero-order valence-corrected chi connectivity index (χ0v) is 17.7. The average molecular weight is 436 g/mol. The SMILES string of the molecule is C=C/C(F)=C\C=C\CNC(O)c1cn2c(c(O)c1=O)C(=O)N(CCCOC(C)C)CN2. The number of aromatic hydroxyl groups is 1. The van der Waals surface area contributed by atoms with Gasteiger partial charge in [-0.3, -0.25) is 19.6 Å². The van der Waals surface area contributed by atoms with Crippen molar-refractivity contribution in [1.29, 1.82) is 0 Å². The lowest BCUT2D eigenvalue weighted by Gasteiger charge is -2.32. The second kappa shape index (κ2) is 11.4. The number of carbonyl (C=O) groups is 1. The van der Waals surface area contributed by atoms with Gasteiger partial charge in [0.05, 0.1) is 11.7 Å². The number of halogens is 1. The Balaban J connectivity index is 2.07. The molecule has 1 aliphatic rings. The quantitative estimate of drug-likeness (QED) is 0.236. The van der Waals surface area contributed by atoms with Crippen molar-refractivity contribution in [2.75, 3.05) is 31.8 Å². The molecule has 0 fully saturated rings. The van der Waals surface area contributed by atoms with Gasteiger partial charge < -0.3 is 25.3 Å². The lowest BCUT2D eigenvalue weighted by molar-refractivity contribution is 0.0596. The van der Waals surface area contributed by atoms with Crippen LogP contribution in [0.5, 0.6) is 5.75 Å². The minimum absolute atomic E-state index is 0.0947. The molecule has 0 aromatic carbocycles. The van der Waals surface area contributed by atoms with E-state index < -0.39 is 29.1 Å². The first-order chi connectivity index (χ1) is 14.8. The van der Waals surface area contributed by atoms with E-state index in [-0.39, 0.29) is 30.6 Å². The maximum Gasteiger partial charge on any atom is 0.277 e. The Morgan fingerprint density at radius 3 is 2.87 bits per heavy atom. The highest BCUT2D eigenvalue weighted by Crippen LogP contribution is 2.20. The van der Waals surface area contributed by atoms with E-state index in [1.807, 2.05) is 13.8 Å². The van der Waals surface area contributed by atoms with Crippen molar-refractivity contribution in [2.24, 2.45) is 0 Å². The van der Waals surface area contributed by atoms with E-state index in [1.54, 1.807) is 0 Å². The van der Waals surface area contributed by atoms with Gasteiger partial charge in [-0.15, -0.1) is 0 Å². The number of nitrogens with zero attached hydrogens (tertiary/aromatic N) is 2. The van der Waals surface area contributed by atoms with Crippen LogP contribution >= 0.6 is 0 Å². The molecule has 0 aliphatic carbocycles. The van der Waals surface area contributed by atoms with Crippen LogP contribution < -0.4 is 16.2 Å². The highest BCUT2D eigenvalue weighted by atomic mass is 19.1. The Kier molecular flexibility index (Phi) is 8.98. The van der Waals surface area contributed by atoms with Gasteiger partial charge in [-0.2, -0.15) is 0 Å². The van der Waals surface area contributed by atoms with Crippen LogP contribution in [0, 0.1) is 0 Å². The number of aliphatic hydroxyl groups is 1. The molecule has 1 aromatic rings. The Bertz CT molecular complexity index is 910. The fourth-order valence-corrected chi connectivity index (χ4v) is 2.87. The molecule has 0 saturated heterocycles. The smallest absolute Gasteiger partial charge is 0.277 e. The summed E-state index contributed by atoms with van der Waals surface area (Å²) in [6.07, 6.45) is 5.77. The molecule has 1 aliphatic heterocycles. The standard InChI is InChI=1S/C21H29FN4O5/c1-4-15(22)8-5-6-9-23-20(29)16-12-26-17(19(28)18(16)27)21(30)25(13-24-26)10-7-11-31-14(2)3/h4-6,8,12,14,20,23-24,28-29H,1,7,9-11,13H2,2-3H3/b6-5+,15-8+. The van der Waals surface area contributed by atoms with E-state index >= 15 is 0 Å². The predicted octanol–water partition coefficient (Wildman–Crippen LogP) is 1.50. The van der Waals surface area contributed by atoms with Crippen molar-refractivity contribution in [3.8, 4) is 5.75 Å². The summed E-state index contributed by atoms with van der Waals surface area (Å²) in [5.74, 6) is -1.75. The molecule has 10 heteroatoms. The van der Waals surface area contributed by atoms with E-state index in [4.69, 9.17) is 4.74 Å². The molecule has 0 spiro atoms. The number of carbonyl (C=O) groups excluding carboxylic acids is 1. The zero-order chi connectivity index (χ0) is 23.0. The molecular weight excluding hydrogens is 407 g/mol. The van der Waals surface area contributed by atoms with E-state index in [0.29, 0.717) is 19.6 Å². The molecular formula is C21H29FN4O5. The number of nitrogens with one attached hydrogen (secondary N) is 2. The summed E-state index contributed by atoms with van der Waals surface area (Å²) in [4.78, 5) is 26.7. The number of rotatable bonds is 11. The summed E-state index contributed by atoms with van der Waals surface area (Å²) in [7, 11) is 0. The van der Waals surface area contributed by atoms with Crippen molar-refractivity contribution in [1.82, 2.24) is 14.9 Å². The largest absolute Gasteiger partial charge is 0.502 e. The predicted molar refractivity (Wildman–Crippen MR) is 115 cm³/mol. The third kappa shape index (κ3) is 6.51. The van der Waals surface area contributed by atoms with Crippen LogP contribution in [0.25, 0.3) is 0 Å². The minimum atomic E-state index is -1.41. The number of hydrogen-bond donors (Lipinski definition) is 4. The zero-order valence-electron chi connectivity index (χ0n) is 17.7. The van der Waals surface area contributed by atoms with E-state index in [9.17, 15) is 24.2 Å². The van der Waals surface area contributed by atoms with Crippen LogP contribution in [0.3, 0.4) is 0 Å². The Hall–Kier alpha value is -2.95.